The summed E-state index contributed by atoms with van der Waals surface area (Å²) in [7, 11) is 0. The molecule has 82 valence electrons. The molecule has 0 saturated carbocycles. The van der Waals surface area contributed by atoms with Crippen molar-refractivity contribution in [3.63, 3.8) is 0 Å². The summed E-state index contributed by atoms with van der Waals surface area (Å²) >= 11 is 0. The lowest BCUT2D eigenvalue weighted by atomic mass is 10.1. The SMILES string of the molecule is N#Cc1ccc(C=CC(=O)NCCO)cc1. The van der Waals surface area contributed by atoms with Gasteiger partial charge in [0.25, 0.3) is 0 Å². The fourth-order valence-corrected chi connectivity index (χ4v) is 1.08. The third-order valence-corrected chi connectivity index (χ3v) is 1.88. The summed E-state index contributed by atoms with van der Waals surface area (Å²) in [5, 5.41) is 19.6. The zero-order chi connectivity index (χ0) is 11.8. The highest BCUT2D eigenvalue weighted by Gasteiger charge is 1.93. The predicted octanol–water partition coefficient (Wildman–Crippen LogP) is 0.680. The van der Waals surface area contributed by atoms with Gasteiger partial charge in [-0.15, -0.1) is 0 Å². The van der Waals surface area contributed by atoms with E-state index in [1.54, 1.807) is 30.3 Å². The molecular formula is C12H12N2O2. The van der Waals surface area contributed by atoms with Crippen molar-refractivity contribution in [1.29, 1.82) is 5.26 Å². The zero-order valence-corrected chi connectivity index (χ0v) is 8.68. The van der Waals surface area contributed by atoms with Crippen LogP contribution in [-0.4, -0.2) is 24.2 Å². The van der Waals surface area contributed by atoms with E-state index in [1.165, 1.54) is 6.08 Å². The summed E-state index contributed by atoms with van der Waals surface area (Å²) in [6.45, 7) is 0.174. The average Bonchev–Trinajstić information content (AvgIpc) is 2.34. The molecule has 1 rings (SSSR count). The van der Waals surface area contributed by atoms with Crippen LogP contribution in [-0.2, 0) is 4.79 Å². The Morgan fingerprint density at radius 2 is 2.12 bits per heavy atom. The van der Waals surface area contributed by atoms with E-state index in [0.29, 0.717) is 5.56 Å². The summed E-state index contributed by atoms with van der Waals surface area (Å²) in [4.78, 5) is 11.1. The smallest absolute Gasteiger partial charge is 0.244 e. The van der Waals surface area contributed by atoms with Crippen molar-refractivity contribution in [3.05, 3.63) is 41.5 Å². The monoisotopic (exact) mass is 216 g/mol. The van der Waals surface area contributed by atoms with E-state index < -0.39 is 0 Å². The first-order valence-electron chi connectivity index (χ1n) is 4.83. The third kappa shape index (κ3) is 3.95. The van der Waals surface area contributed by atoms with Gasteiger partial charge in [-0.2, -0.15) is 5.26 Å². The van der Waals surface area contributed by atoms with Gasteiger partial charge in [-0.25, -0.2) is 0 Å². The lowest BCUT2D eigenvalue weighted by Gasteiger charge is -1.97. The van der Waals surface area contributed by atoms with Crippen LogP contribution < -0.4 is 5.32 Å². The number of nitriles is 1. The Bertz CT molecular complexity index is 416. The number of hydrogen-bond acceptors (Lipinski definition) is 3. The Hall–Kier alpha value is -2.12. The van der Waals surface area contributed by atoms with Crippen LogP contribution in [0.3, 0.4) is 0 Å². The van der Waals surface area contributed by atoms with Crippen molar-refractivity contribution in [2.75, 3.05) is 13.2 Å². The van der Waals surface area contributed by atoms with Crippen LogP contribution in [0.4, 0.5) is 0 Å². The standard InChI is InChI=1S/C12H12N2O2/c13-9-11-3-1-10(2-4-11)5-6-12(16)14-7-8-15/h1-6,15H,7-8H2,(H,14,16). The van der Waals surface area contributed by atoms with Crippen LogP contribution in [0.2, 0.25) is 0 Å². The van der Waals surface area contributed by atoms with Gasteiger partial charge in [0.05, 0.1) is 18.2 Å². The molecule has 0 aromatic heterocycles. The number of hydrogen-bond donors (Lipinski definition) is 2. The molecule has 0 atom stereocenters. The molecule has 0 radical (unpaired) electrons. The topological polar surface area (TPSA) is 73.1 Å². The van der Waals surface area contributed by atoms with E-state index in [1.807, 2.05) is 6.07 Å². The Morgan fingerprint density at radius 1 is 1.44 bits per heavy atom. The van der Waals surface area contributed by atoms with Crippen molar-refractivity contribution in [1.82, 2.24) is 5.32 Å². The fraction of sp³-hybridized carbons (Fsp3) is 0.167. The molecule has 1 aromatic rings. The van der Waals surface area contributed by atoms with E-state index in [-0.39, 0.29) is 19.1 Å². The van der Waals surface area contributed by atoms with Crippen LogP contribution in [0.5, 0.6) is 0 Å². The first kappa shape index (κ1) is 12.0. The highest BCUT2D eigenvalue weighted by molar-refractivity contribution is 5.91. The number of nitrogens with one attached hydrogen (secondary N) is 1. The molecule has 0 fully saturated rings. The molecule has 0 saturated heterocycles. The third-order valence-electron chi connectivity index (χ3n) is 1.88. The summed E-state index contributed by atoms with van der Waals surface area (Å²) in [5.41, 5.74) is 1.43. The molecule has 0 aliphatic carbocycles. The van der Waals surface area contributed by atoms with Gasteiger partial charge < -0.3 is 10.4 Å². The van der Waals surface area contributed by atoms with Crippen LogP contribution in [0, 0.1) is 11.3 Å². The Balaban J connectivity index is 2.56. The Labute approximate surface area is 93.8 Å². The lowest BCUT2D eigenvalue weighted by molar-refractivity contribution is -0.116. The molecule has 0 bridgehead atoms. The normalized spacial score (nSPS) is 10.0. The molecule has 1 aromatic carbocycles. The summed E-state index contributed by atoms with van der Waals surface area (Å²) in [5.74, 6) is -0.251. The van der Waals surface area contributed by atoms with Crippen molar-refractivity contribution in [2.24, 2.45) is 0 Å². The quantitative estimate of drug-likeness (QED) is 0.727. The molecule has 1 amide bonds. The average molecular weight is 216 g/mol. The van der Waals surface area contributed by atoms with Crippen molar-refractivity contribution >= 4 is 12.0 Å². The molecule has 2 N–H and O–H groups in total. The highest BCUT2D eigenvalue weighted by atomic mass is 16.3. The van der Waals surface area contributed by atoms with Gasteiger partial charge in [0, 0.05) is 12.6 Å². The Morgan fingerprint density at radius 3 is 2.69 bits per heavy atom. The van der Waals surface area contributed by atoms with Gasteiger partial charge >= 0.3 is 0 Å². The van der Waals surface area contributed by atoms with Crippen molar-refractivity contribution in [2.45, 2.75) is 0 Å². The van der Waals surface area contributed by atoms with Crippen LogP contribution in [0.1, 0.15) is 11.1 Å². The highest BCUT2D eigenvalue weighted by Crippen LogP contribution is 2.04. The van der Waals surface area contributed by atoms with Crippen molar-refractivity contribution < 1.29 is 9.90 Å². The number of carbonyl (C=O) groups is 1. The van der Waals surface area contributed by atoms with Gasteiger partial charge in [0.1, 0.15) is 0 Å². The second-order valence-electron chi connectivity index (χ2n) is 3.08. The molecule has 4 heteroatoms. The molecule has 0 aliphatic heterocycles. The predicted molar refractivity (Wildman–Crippen MR) is 60.3 cm³/mol. The van der Waals surface area contributed by atoms with E-state index in [2.05, 4.69) is 5.32 Å². The first-order chi connectivity index (χ1) is 7.76. The second-order valence-corrected chi connectivity index (χ2v) is 3.08. The van der Waals surface area contributed by atoms with Gasteiger partial charge in [-0.05, 0) is 23.8 Å². The van der Waals surface area contributed by atoms with E-state index in [4.69, 9.17) is 10.4 Å². The lowest BCUT2D eigenvalue weighted by Crippen LogP contribution is -2.24. The molecule has 0 aliphatic rings. The number of nitrogens with zero attached hydrogens (tertiary/aromatic N) is 1. The summed E-state index contributed by atoms with van der Waals surface area (Å²) in [6.07, 6.45) is 3.03. The number of carbonyl (C=O) groups excluding carboxylic acids is 1. The second kappa shape index (κ2) is 6.38. The number of aliphatic hydroxyl groups excluding tert-OH is 1. The number of aliphatic hydroxyl groups is 1. The maximum Gasteiger partial charge on any atom is 0.244 e. The zero-order valence-electron chi connectivity index (χ0n) is 8.68. The van der Waals surface area contributed by atoms with Gasteiger partial charge in [0.2, 0.25) is 5.91 Å². The van der Waals surface area contributed by atoms with Crippen LogP contribution in [0.15, 0.2) is 30.3 Å². The van der Waals surface area contributed by atoms with E-state index in [9.17, 15) is 4.79 Å². The molecule has 0 heterocycles. The van der Waals surface area contributed by atoms with E-state index >= 15 is 0 Å². The minimum Gasteiger partial charge on any atom is -0.395 e. The number of rotatable bonds is 4. The number of benzene rings is 1. The summed E-state index contributed by atoms with van der Waals surface area (Å²) < 4.78 is 0. The first-order valence-corrected chi connectivity index (χ1v) is 4.83. The van der Waals surface area contributed by atoms with Crippen LogP contribution in [0.25, 0.3) is 6.08 Å². The van der Waals surface area contributed by atoms with Gasteiger partial charge in [-0.3, -0.25) is 4.79 Å². The molecular weight excluding hydrogens is 204 g/mol. The molecule has 0 spiro atoms. The number of amides is 1. The maximum absolute atomic E-state index is 11.1. The fourth-order valence-electron chi connectivity index (χ4n) is 1.08. The Kier molecular flexibility index (Phi) is 4.77. The minimum absolute atomic E-state index is 0.0730. The van der Waals surface area contributed by atoms with Gasteiger partial charge in [-0.1, -0.05) is 12.1 Å². The minimum atomic E-state index is -0.251. The summed E-state index contributed by atoms with van der Waals surface area (Å²) in [6, 6.07) is 8.90. The maximum atomic E-state index is 11.1. The molecule has 0 unspecified atom stereocenters. The van der Waals surface area contributed by atoms with Gasteiger partial charge in [0.15, 0.2) is 0 Å². The van der Waals surface area contributed by atoms with Crippen LogP contribution >= 0.6 is 0 Å². The van der Waals surface area contributed by atoms with Crippen molar-refractivity contribution in [3.8, 4) is 6.07 Å². The molecule has 4 nitrogen and oxygen atoms in total. The molecule has 16 heavy (non-hydrogen) atoms. The van der Waals surface area contributed by atoms with E-state index in [0.717, 1.165) is 5.56 Å². The largest absolute Gasteiger partial charge is 0.395 e.